The van der Waals surface area contributed by atoms with Crippen molar-refractivity contribution in [1.82, 2.24) is 4.90 Å². The van der Waals surface area contributed by atoms with E-state index in [0.717, 1.165) is 16.8 Å². The second kappa shape index (κ2) is 12.6. The van der Waals surface area contributed by atoms with Crippen molar-refractivity contribution in [3.8, 4) is 5.75 Å². The van der Waals surface area contributed by atoms with Crippen molar-refractivity contribution in [3.63, 3.8) is 0 Å². The van der Waals surface area contributed by atoms with Crippen molar-refractivity contribution < 1.29 is 29.0 Å². The van der Waals surface area contributed by atoms with E-state index in [9.17, 15) is 9.90 Å². The SMILES string of the molecule is CCOc1ccc(N2CC=C[C@@]3(CC)O[C@]45C=CCN(c6cc(C)ccc6C)C(=O)C4N([C@H](CO)c4ccccc4)C(=O)[C@@H]5[C@H]3C2=O)cc1. The third-order valence-electron chi connectivity index (χ3n) is 10.7. The number of fused-ring (bicyclic) bond motifs is 2. The van der Waals surface area contributed by atoms with E-state index in [-0.39, 0.29) is 24.3 Å². The van der Waals surface area contributed by atoms with Gasteiger partial charge in [-0.3, -0.25) is 14.4 Å². The Morgan fingerprint density at radius 3 is 2.27 bits per heavy atom. The summed E-state index contributed by atoms with van der Waals surface area (Å²) in [4.78, 5) is 50.2. The maximum absolute atomic E-state index is 15.2. The highest BCUT2D eigenvalue weighted by Crippen LogP contribution is 2.60. The fraction of sp³-hybridized carbons (Fsp3) is 0.375. The monoisotopic (exact) mass is 661 g/mol. The number of hydrogen-bond donors (Lipinski definition) is 1. The molecule has 2 fully saturated rings. The van der Waals surface area contributed by atoms with Gasteiger partial charge in [-0.2, -0.15) is 0 Å². The maximum atomic E-state index is 15.2. The summed E-state index contributed by atoms with van der Waals surface area (Å²) in [6, 6.07) is 20.6. The van der Waals surface area contributed by atoms with Crippen LogP contribution in [0.5, 0.6) is 5.75 Å². The molecule has 9 nitrogen and oxygen atoms in total. The molecule has 4 aliphatic rings. The minimum atomic E-state index is -1.47. The Kier molecular flexibility index (Phi) is 8.45. The number of hydrogen-bond acceptors (Lipinski definition) is 6. The van der Waals surface area contributed by atoms with Crippen molar-refractivity contribution in [2.24, 2.45) is 11.8 Å². The molecule has 0 saturated carbocycles. The van der Waals surface area contributed by atoms with E-state index in [2.05, 4.69) is 0 Å². The maximum Gasteiger partial charge on any atom is 0.253 e. The highest BCUT2D eigenvalue weighted by Gasteiger charge is 2.76. The van der Waals surface area contributed by atoms with Crippen LogP contribution in [-0.4, -0.2) is 71.3 Å². The summed E-state index contributed by atoms with van der Waals surface area (Å²) in [6.45, 7) is 8.49. The van der Waals surface area contributed by atoms with Crippen LogP contribution in [0.4, 0.5) is 11.4 Å². The van der Waals surface area contributed by atoms with E-state index in [1.807, 2.05) is 125 Å². The Morgan fingerprint density at radius 1 is 0.857 bits per heavy atom. The van der Waals surface area contributed by atoms with E-state index < -0.39 is 41.7 Å². The summed E-state index contributed by atoms with van der Waals surface area (Å²) in [6.07, 6.45) is 8.03. The highest BCUT2D eigenvalue weighted by molar-refractivity contribution is 6.08. The molecule has 1 spiro atoms. The number of anilines is 2. The van der Waals surface area contributed by atoms with Gasteiger partial charge < -0.3 is 29.3 Å². The van der Waals surface area contributed by atoms with Gasteiger partial charge in [0, 0.05) is 24.5 Å². The van der Waals surface area contributed by atoms with Crippen molar-refractivity contribution in [3.05, 3.63) is 114 Å². The number of ether oxygens (including phenoxy) is 2. The van der Waals surface area contributed by atoms with Crippen LogP contribution in [0, 0.1) is 25.7 Å². The number of nitrogens with zero attached hydrogens (tertiary/aromatic N) is 3. The van der Waals surface area contributed by atoms with Gasteiger partial charge >= 0.3 is 0 Å². The zero-order valence-electron chi connectivity index (χ0n) is 28.4. The summed E-state index contributed by atoms with van der Waals surface area (Å²) in [7, 11) is 0. The standard InChI is InChI=1S/C40H43N3O6/c1-5-39-20-10-22-41(29-16-18-30(19-17-29)48-6-2)36(45)33(39)34-37(46)43(32(25-44)28-12-8-7-9-13-28)35-38(47)42(23-11-21-40(34,35)49-39)31-24-26(3)14-15-27(31)4/h7-21,24,32-35,44H,5-6,22-23,25H2,1-4H3/t32-,33+,34+,35?,39-,40+/m1/s1. The molecule has 7 rings (SSSR count). The van der Waals surface area contributed by atoms with E-state index in [4.69, 9.17) is 9.47 Å². The minimum Gasteiger partial charge on any atom is -0.494 e. The van der Waals surface area contributed by atoms with E-state index in [0.29, 0.717) is 36.6 Å². The van der Waals surface area contributed by atoms with E-state index in [1.54, 1.807) is 9.80 Å². The van der Waals surface area contributed by atoms with Crippen LogP contribution >= 0.6 is 0 Å². The lowest BCUT2D eigenvalue weighted by Crippen LogP contribution is -2.57. The predicted molar refractivity (Wildman–Crippen MR) is 187 cm³/mol. The summed E-state index contributed by atoms with van der Waals surface area (Å²) < 4.78 is 12.8. The first-order chi connectivity index (χ1) is 23.7. The van der Waals surface area contributed by atoms with Gasteiger partial charge in [-0.1, -0.05) is 73.7 Å². The van der Waals surface area contributed by atoms with Crippen LogP contribution in [0.15, 0.2) is 97.1 Å². The largest absolute Gasteiger partial charge is 0.494 e. The fourth-order valence-electron chi connectivity index (χ4n) is 8.41. The van der Waals surface area contributed by atoms with E-state index in [1.165, 1.54) is 4.90 Å². The lowest BCUT2D eigenvalue weighted by Gasteiger charge is -2.41. The van der Waals surface area contributed by atoms with Gasteiger partial charge in [0.05, 0.1) is 36.7 Å². The van der Waals surface area contributed by atoms with Gasteiger partial charge in [0.25, 0.3) is 5.91 Å². The van der Waals surface area contributed by atoms with Crippen molar-refractivity contribution in [2.45, 2.75) is 57.4 Å². The van der Waals surface area contributed by atoms with Gasteiger partial charge in [-0.15, -0.1) is 0 Å². The third kappa shape index (κ3) is 5.09. The molecule has 4 aliphatic heterocycles. The second-order valence-electron chi connectivity index (χ2n) is 13.4. The summed E-state index contributed by atoms with van der Waals surface area (Å²) in [5, 5.41) is 10.9. The lowest BCUT2D eigenvalue weighted by atomic mass is 9.73. The van der Waals surface area contributed by atoms with Crippen LogP contribution < -0.4 is 14.5 Å². The number of likely N-dealkylation sites (tertiary alicyclic amines) is 1. The summed E-state index contributed by atoms with van der Waals surface area (Å²) in [5.41, 5.74) is 1.43. The molecule has 9 heteroatoms. The Balaban J connectivity index is 1.39. The van der Waals surface area contributed by atoms with Gasteiger partial charge in [-0.25, -0.2) is 0 Å². The molecule has 0 radical (unpaired) electrons. The highest BCUT2D eigenvalue weighted by atomic mass is 16.5. The quantitative estimate of drug-likeness (QED) is 0.329. The number of carbonyl (C=O) groups excluding carboxylic acids is 3. The average molecular weight is 662 g/mol. The Bertz CT molecular complexity index is 1820. The molecule has 0 aliphatic carbocycles. The van der Waals surface area contributed by atoms with Crippen LogP contribution in [0.1, 0.15) is 43.0 Å². The molecule has 254 valence electrons. The fourth-order valence-corrected chi connectivity index (χ4v) is 8.41. The van der Waals surface area contributed by atoms with Crippen LogP contribution in [0.25, 0.3) is 0 Å². The van der Waals surface area contributed by atoms with Gasteiger partial charge in [0.1, 0.15) is 17.4 Å². The van der Waals surface area contributed by atoms with Crippen LogP contribution in [0.2, 0.25) is 0 Å². The molecule has 49 heavy (non-hydrogen) atoms. The second-order valence-corrected chi connectivity index (χ2v) is 13.4. The van der Waals surface area contributed by atoms with Crippen LogP contribution in [-0.2, 0) is 19.1 Å². The molecular weight excluding hydrogens is 618 g/mol. The molecule has 2 saturated heterocycles. The van der Waals surface area contributed by atoms with Gasteiger partial charge in [0.15, 0.2) is 0 Å². The first-order valence-corrected chi connectivity index (χ1v) is 17.2. The average Bonchev–Trinajstić information content (AvgIpc) is 3.40. The smallest absolute Gasteiger partial charge is 0.253 e. The number of aliphatic hydroxyl groups is 1. The predicted octanol–water partition coefficient (Wildman–Crippen LogP) is 5.30. The number of aryl methyl sites for hydroxylation is 2. The van der Waals surface area contributed by atoms with Gasteiger partial charge in [-0.05, 0) is 74.2 Å². The summed E-state index contributed by atoms with van der Waals surface area (Å²) in [5.74, 6) is -2.19. The Morgan fingerprint density at radius 2 is 1.57 bits per heavy atom. The molecule has 3 amide bonds. The van der Waals surface area contributed by atoms with Crippen molar-refractivity contribution in [1.29, 1.82) is 0 Å². The Hall–Kier alpha value is -4.73. The summed E-state index contributed by atoms with van der Waals surface area (Å²) >= 11 is 0. The zero-order valence-corrected chi connectivity index (χ0v) is 28.4. The molecule has 4 heterocycles. The minimum absolute atomic E-state index is 0.247. The first-order valence-electron chi connectivity index (χ1n) is 17.2. The Labute approximate surface area is 287 Å². The molecule has 6 atom stereocenters. The number of carbonyl (C=O) groups is 3. The number of benzene rings is 3. The molecule has 1 unspecified atom stereocenters. The first kappa shape index (κ1) is 32.8. The lowest BCUT2D eigenvalue weighted by molar-refractivity contribution is -0.149. The van der Waals surface area contributed by atoms with Gasteiger partial charge in [0.2, 0.25) is 11.8 Å². The number of aliphatic hydroxyl groups excluding tert-OH is 1. The van der Waals surface area contributed by atoms with Crippen molar-refractivity contribution >= 4 is 29.1 Å². The molecule has 3 aromatic rings. The zero-order chi connectivity index (χ0) is 34.5. The van der Waals surface area contributed by atoms with E-state index >= 15 is 9.59 Å². The van der Waals surface area contributed by atoms with Crippen molar-refractivity contribution in [2.75, 3.05) is 36.1 Å². The molecule has 0 bridgehead atoms. The number of rotatable bonds is 8. The molecule has 0 aromatic heterocycles. The third-order valence-corrected chi connectivity index (χ3v) is 10.7. The number of amides is 3. The molecule has 3 aromatic carbocycles. The topological polar surface area (TPSA) is 99.6 Å². The van der Waals surface area contributed by atoms with Crippen LogP contribution in [0.3, 0.4) is 0 Å². The normalized spacial score (nSPS) is 28.2. The molecular formula is C40H43N3O6. The molecule has 1 N–H and O–H groups in total.